The molecule has 18 heteroatoms. The number of carboxylic acid groups (broad SMARTS) is 1. The summed E-state index contributed by atoms with van der Waals surface area (Å²) in [5.74, 6) is -5.75. The van der Waals surface area contributed by atoms with E-state index < -0.39 is 74.0 Å². The molecule has 2 heterocycles. The normalized spacial score (nSPS) is 22.4. The highest BCUT2D eigenvalue weighted by atomic mass is 31.2. The van der Waals surface area contributed by atoms with Crippen LogP contribution in [0.1, 0.15) is 32.6 Å². The summed E-state index contributed by atoms with van der Waals surface area (Å²) < 4.78 is 63.0. The van der Waals surface area contributed by atoms with Gasteiger partial charge in [0.2, 0.25) is 6.23 Å². The van der Waals surface area contributed by atoms with Gasteiger partial charge in [-0.1, -0.05) is 26.0 Å². The van der Waals surface area contributed by atoms with Crippen molar-refractivity contribution in [1.29, 1.82) is 0 Å². The summed E-state index contributed by atoms with van der Waals surface area (Å²) in [6.45, 7) is 3.54. The molecule has 43 heavy (non-hydrogen) atoms. The van der Waals surface area contributed by atoms with E-state index in [1.807, 2.05) is 0 Å². The summed E-state index contributed by atoms with van der Waals surface area (Å²) in [5, 5.41) is 33.2. The van der Waals surface area contributed by atoms with Crippen LogP contribution >= 0.6 is 7.52 Å². The molecule has 2 aromatic rings. The first-order valence-electron chi connectivity index (χ1n) is 12.8. The van der Waals surface area contributed by atoms with Gasteiger partial charge in [-0.2, -0.15) is 13.8 Å². The van der Waals surface area contributed by atoms with Crippen LogP contribution in [0, 0.1) is 5.92 Å². The van der Waals surface area contributed by atoms with Crippen LogP contribution in [-0.4, -0.2) is 80.7 Å². The Labute approximate surface area is 244 Å². The van der Waals surface area contributed by atoms with Gasteiger partial charge in [0, 0.05) is 13.3 Å². The number of anilines is 1. The first-order valence-corrected chi connectivity index (χ1v) is 14.6. The highest BCUT2D eigenvalue weighted by molar-refractivity contribution is 7.57. The first kappa shape index (κ1) is 34.0. The minimum atomic E-state index is -3.89. The molecule has 1 saturated heterocycles. The lowest BCUT2D eigenvalue weighted by atomic mass is 9.90. The van der Waals surface area contributed by atoms with Crippen molar-refractivity contribution in [2.24, 2.45) is 5.92 Å². The highest BCUT2D eigenvalue weighted by Gasteiger charge is 2.59. The Hall–Kier alpha value is -3.47. The number of aliphatic carboxylic acids is 1. The lowest BCUT2D eigenvalue weighted by Gasteiger charge is -2.34. The number of methoxy groups -OCH3 is 1. The van der Waals surface area contributed by atoms with Crippen LogP contribution in [0.15, 0.2) is 41.3 Å². The van der Waals surface area contributed by atoms with E-state index in [9.17, 15) is 37.9 Å². The summed E-state index contributed by atoms with van der Waals surface area (Å²) >= 11 is 0. The molecule has 238 valence electrons. The number of nitrogens with one attached hydrogen (secondary N) is 2. The predicted octanol–water partition coefficient (Wildman–Crippen LogP) is 2.14. The molecule has 15 nitrogen and oxygen atoms in total. The van der Waals surface area contributed by atoms with Crippen LogP contribution in [0.5, 0.6) is 5.75 Å². The second-order valence-electron chi connectivity index (χ2n) is 10.1. The third-order valence-electron chi connectivity index (χ3n) is 6.72. The molecule has 0 spiro atoms. The Morgan fingerprint density at radius 3 is 2.42 bits per heavy atom. The molecule has 0 radical (unpaired) electrons. The number of ether oxygens (including phenoxy) is 3. The Morgan fingerprint density at radius 1 is 1.26 bits per heavy atom. The van der Waals surface area contributed by atoms with Gasteiger partial charge in [0.15, 0.2) is 6.10 Å². The molecule has 1 aromatic heterocycles. The van der Waals surface area contributed by atoms with Crippen molar-refractivity contribution < 1.29 is 57.0 Å². The molecule has 0 bridgehead atoms. The average molecular weight is 635 g/mol. The predicted molar refractivity (Wildman–Crippen MR) is 145 cm³/mol. The first-order chi connectivity index (χ1) is 20.1. The van der Waals surface area contributed by atoms with E-state index in [0.717, 1.165) is 12.3 Å². The number of amides is 1. The van der Waals surface area contributed by atoms with E-state index in [0.29, 0.717) is 10.1 Å². The zero-order valence-corrected chi connectivity index (χ0v) is 24.5. The molecular formula is C25H33F2N4O11P. The number of aromatic nitrogens is 2. The Kier molecular flexibility index (Phi) is 10.6. The monoisotopic (exact) mass is 634 g/mol. The van der Waals surface area contributed by atoms with Gasteiger partial charge < -0.3 is 34.1 Å². The lowest BCUT2D eigenvalue weighted by molar-refractivity contribution is -0.145. The zero-order valence-electron chi connectivity index (χ0n) is 23.6. The van der Waals surface area contributed by atoms with Gasteiger partial charge in [-0.05, 0) is 36.6 Å². The van der Waals surface area contributed by atoms with E-state index in [-0.39, 0.29) is 18.2 Å². The summed E-state index contributed by atoms with van der Waals surface area (Å²) in [7, 11) is -2.55. The standard InChI is InChI=1S/C25H33F2N4O11P/c1-14(2)24(3,21(34)35)30-43(38,13-39-4)42-16-7-5-15(6-8-16)12-40-23(37)29-18-9-10-31(22(36)28-18)20-25(26,27)19(33)17(11-32)41-20/h5-10,14,17,19-20,32-33H,11-13H2,1-4H3,(H,30,38)(H,34,35)(H,28,29,36,37)/t17-,19-,20-,24?,43?/m1/s1. The highest BCUT2D eigenvalue weighted by Crippen LogP contribution is 2.46. The van der Waals surface area contributed by atoms with E-state index >= 15 is 0 Å². The number of hydrogen-bond donors (Lipinski definition) is 5. The molecule has 3 rings (SSSR count). The van der Waals surface area contributed by atoms with Crippen LogP contribution in [0.4, 0.5) is 19.4 Å². The maximum Gasteiger partial charge on any atom is 0.413 e. The van der Waals surface area contributed by atoms with Crippen LogP contribution in [-0.2, 0) is 30.2 Å². The van der Waals surface area contributed by atoms with Crippen molar-refractivity contribution in [2.75, 3.05) is 25.4 Å². The summed E-state index contributed by atoms with van der Waals surface area (Å²) in [4.78, 5) is 39.9. The van der Waals surface area contributed by atoms with Crippen molar-refractivity contribution in [2.45, 2.75) is 57.3 Å². The number of carbonyl (C=O) groups is 2. The van der Waals surface area contributed by atoms with Gasteiger partial charge in [0.25, 0.3) is 0 Å². The van der Waals surface area contributed by atoms with Crippen LogP contribution in [0.3, 0.4) is 0 Å². The number of carbonyl (C=O) groups excluding carboxylic acids is 1. The van der Waals surface area contributed by atoms with Crippen LogP contribution in [0.2, 0.25) is 0 Å². The molecule has 1 amide bonds. The topological polar surface area (TPSA) is 208 Å². The number of benzene rings is 1. The third-order valence-corrected chi connectivity index (χ3v) is 8.63. The van der Waals surface area contributed by atoms with Gasteiger partial charge in [-0.15, -0.1) is 0 Å². The summed E-state index contributed by atoms with van der Waals surface area (Å²) in [6, 6.07) is 6.87. The second kappa shape index (κ2) is 13.4. The third kappa shape index (κ3) is 7.74. The van der Waals surface area contributed by atoms with Crippen LogP contribution in [0.25, 0.3) is 0 Å². The van der Waals surface area contributed by atoms with Crippen molar-refractivity contribution >= 4 is 25.4 Å². The Bertz CT molecular complexity index is 1410. The number of alkyl halides is 2. The molecule has 5 N–H and O–H groups in total. The van der Waals surface area contributed by atoms with Crippen molar-refractivity contribution in [3.8, 4) is 5.75 Å². The van der Waals surface area contributed by atoms with Crippen LogP contribution < -0.4 is 20.6 Å². The van der Waals surface area contributed by atoms with Gasteiger partial charge in [0.1, 0.15) is 36.2 Å². The molecule has 1 aliphatic heterocycles. The number of carboxylic acids is 1. The summed E-state index contributed by atoms with van der Waals surface area (Å²) in [6.07, 6.45) is -6.72. The van der Waals surface area contributed by atoms with E-state index in [1.54, 1.807) is 13.8 Å². The number of nitrogens with zero attached hydrogens (tertiary/aromatic N) is 2. The fourth-order valence-electron chi connectivity index (χ4n) is 3.91. The van der Waals surface area contributed by atoms with Gasteiger partial charge >= 0.3 is 31.2 Å². The van der Waals surface area contributed by atoms with Gasteiger partial charge in [-0.25, -0.2) is 14.7 Å². The number of rotatable bonds is 13. The van der Waals surface area contributed by atoms with E-state index in [2.05, 4.69) is 15.4 Å². The zero-order chi connectivity index (χ0) is 32.2. The molecule has 1 fully saturated rings. The fraction of sp³-hybridized carbons (Fsp3) is 0.520. The average Bonchev–Trinajstić information content (AvgIpc) is 3.15. The molecule has 5 atom stereocenters. The second-order valence-corrected chi connectivity index (χ2v) is 12.1. The van der Waals surface area contributed by atoms with Gasteiger partial charge in [0.05, 0.1) is 6.61 Å². The minimum Gasteiger partial charge on any atom is -0.480 e. The van der Waals surface area contributed by atoms with E-state index in [4.69, 9.17) is 23.8 Å². The van der Waals surface area contributed by atoms with Crippen molar-refractivity contribution in [1.82, 2.24) is 14.6 Å². The number of hydrogen-bond acceptors (Lipinski definition) is 11. The van der Waals surface area contributed by atoms with E-state index in [1.165, 1.54) is 38.3 Å². The number of halogens is 2. The largest absolute Gasteiger partial charge is 0.480 e. The molecule has 2 unspecified atom stereocenters. The molecule has 0 aliphatic carbocycles. The maximum atomic E-state index is 14.3. The Balaban J connectivity index is 1.60. The lowest BCUT2D eigenvalue weighted by Crippen LogP contribution is -2.52. The van der Waals surface area contributed by atoms with Crippen molar-refractivity contribution in [3.05, 3.63) is 52.6 Å². The van der Waals surface area contributed by atoms with Gasteiger partial charge in [-0.3, -0.25) is 19.2 Å². The molecule has 1 aliphatic rings. The van der Waals surface area contributed by atoms with Crippen molar-refractivity contribution in [3.63, 3.8) is 0 Å². The molecular weight excluding hydrogens is 601 g/mol. The fourth-order valence-corrected chi connectivity index (χ4v) is 5.94. The Morgan fingerprint density at radius 2 is 1.91 bits per heavy atom. The summed E-state index contributed by atoms with van der Waals surface area (Å²) in [5.41, 5.74) is -2.33. The smallest absolute Gasteiger partial charge is 0.413 e. The maximum absolute atomic E-state index is 14.3. The number of aliphatic hydroxyl groups excluding tert-OH is 2. The SMILES string of the molecule is COCP(=O)(NC(C)(C(=O)O)C(C)C)Oc1ccc(COC(=O)Nc2ccn([C@@H]3O[C@H](CO)[C@@H](O)C3(F)F)c(=O)n2)cc1. The molecule has 0 saturated carbocycles. The molecule has 1 aromatic carbocycles. The minimum absolute atomic E-state index is 0.122. The quantitative estimate of drug-likeness (QED) is 0.200. The number of aliphatic hydroxyl groups is 2.